The number of aromatic nitrogens is 2. The predicted molar refractivity (Wildman–Crippen MR) is 58.4 cm³/mol. The monoisotopic (exact) mass is 218 g/mol. The average Bonchev–Trinajstić information content (AvgIpc) is 2.22. The first-order valence-electron chi connectivity index (χ1n) is 4.77. The van der Waals surface area contributed by atoms with Gasteiger partial charge in [-0.1, -0.05) is 0 Å². The third-order valence-corrected chi connectivity index (χ3v) is 2.30. The number of aromatic amines is 1. The van der Waals surface area contributed by atoms with E-state index in [-0.39, 0.29) is 17.4 Å². The van der Waals surface area contributed by atoms with Crippen LogP contribution in [0.5, 0.6) is 0 Å². The van der Waals surface area contributed by atoms with Crippen LogP contribution in [0.2, 0.25) is 0 Å². The number of nitrogens with zero attached hydrogens (tertiary/aromatic N) is 1. The topological polar surface area (TPSA) is 83.0 Å². The molecule has 2 N–H and O–H groups in total. The fourth-order valence-corrected chi connectivity index (χ4v) is 1.54. The van der Waals surface area contributed by atoms with Crippen LogP contribution in [-0.2, 0) is 11.2 Å². The molecular weight excluding hydrogens is 208 g/mol. The van der Waals surface area contributed by atoms with Crippen LogP contribution in [-0.4, -0.2) is 21.0 Å². The molecule has 2 rings (SSSR count). The average molecular weight is 218 g/mol. The van der Waals surface area contributed by atoms with Crippen molar-refractivity contribution >= 4 is 17.0 Å². The standard InChI is InChI=1S/C11H10N2O3/c1-6-2-3-8-10(16)7(4-9(14)15)5-12-11(8)13-6/h2-3,5H,4H2,1H3,(H,14,15)(H,12,13,16). The molecule has 82 valence electrons. The van der Waals surface area contributed by atoms with Crippen molar-refractivity contribution in [1.82, 2.24) is 9.97 Å². The SMILES string of the molecule is Cc1ccc2c(=O)c(CC(=O)O)c[nH]c2n1. The third-order valence-electron chi connectivity index (χ3n) is 2.30. The van der Waals surface area contributed by atoms with Crippen LogP contribution in [0.1, 0.15) is 11.3 Å². The number of aliphatic carboxylic acids is 1. The van der Waals surface area contributed by atoms with Crippen molar-refractivity contribution in [3.8, 4) is 0 Å². The van der Waals surface area contributed by atoms with Gasteiger partial charge in [0.1, 0.15) is 5.65 Å². The van der Waals surface area contributed by atoms with Gasteiger partial charge >= 0.3 is 5.97 Å². The molecule has 2 aromatic rings. The molecule has 0 aliphatic carbocycles. The molecule has 0 atom stereocenters. The summed E-state index contributed by atoms with van der Waals surface area (Å²) in [4.78, 5) is 29.4. The second-order valence-corrected chi connectivity index (χ2v) is 3.56. The maximum Gasteiger partial charge on any atom is 0.308 e. The van der Waals surface area contributed by atoms with E-state index in [1.54, 1.807) is 12.1 Å². The first-order valence-corrected chi connectivity index (χ1v) is 4.77. The summed E-state index contributed by atoms with van der Waals surface area (Å²) in [6, 6.07) is 3.38. The number of H-pyrrole nitrogens is 1. The molecule has 0 bridgehead atoms. The summed E-state index contributed by atoms with van der Waals surface area (Å²) in [5.74, 6) is -1.02. The number of carboxylic acid groups (broad SMARTS) is 1. The molecular formula is C11H10N2O3. The fraction of sp³-hybridized carbons (Fsp3) is 0.182. The highest BCUT2D eigenvalue weighted by Crippen LogP contribution is 2.06. The van der Waals surface area contributed by atoms with E-state index in [9.17, 15) is 9.59 Å². The van der Waals surface area contributed by atoms with Gasteiger partial charge in [-0.25, -0.2) is 4.98 Å². The quantitative estimate of drug-likeness (QED) is 0.783. The van der Waals surface area contributed by atoms with E-state index in [4.69, 9.17) is 5.11 Å². The molecule has 5 heteroatoms. The molecule has 0 aliphatic heterocycles. The van der Waals surface area contributed by atoms with E-state index in [0.717, 1.165) is 5.69 Å². The van der Waals surface area contributed by atoms with Crippen LogP contribution >= 0.6 is 0 Å². The molecule has 0 saturated carbocycles. The van der Waals surface area contributed by atoms with E-state index >= 15 is 0 Å². The molecule has 2 heterocycles. The summed E-state index contributed by atoms with van der Waals surface area (Å²) in [7, 11) is 0. The highest BCUT2D eigenvalue weighted by molar-refractivity contribution is 5.77. The summed E-state index contributed by atoms with van der Waals surface area (Å²) in [6.45, 7) is 1.82. The minimum Gasteiger partial charge on any atom is -0.481 e. The lowest BCUT2D eigenvalue weighted by molar-refractivity contribution is -0.136. The summed E-state index contributed by atoms with van der Waals surface area (Å²) >= 11 is 0. The predicted octanol–water partition coefficient (Wildman–Crippen LogP) is 0.859. The van der Waals surface area contributed by atoms with E-state index < -0.39 is 5.97 Å². The first-order chi connectivity index (χ1) is 7.58. The highest BCUT2D eigenvalue weighted by Gasteiger charge is 2.08. The molecule has 0 radical (unpaired) electrons. The lowest BCUT2D eigenvalue weighted by Gasteiger charge is -2.01. The number of hydrogen-bond acceptors (Lipinski definition) is 3. The minimum absolute atomic E-state index is 0.241. The van der Waals surface area contributed by atoms with Gasteiger partial charge in [-0.2, -0.15) is 0 Å². The Kier molecular flexibility index (Phi) is 2.44. The smallest absolute Gasteiger partial charge is 0.308 e. The van der Waals surface area contributed by atoms with Gasteiger partial charge in [-0.15, -0.1) is 0 Å². The van der Waals surface area contributed by atoms with Crippen molar-refractivity contribution in [3.63, 3.8) is 0 Å². The Labute approximate surface area is 90.8 Å². The zero-order valence-electron chi connectivity index (χ0n) is 8.65. The van der Waals surface area contributed by atoms with Crippen molar-refractivity contribution < 1.29 is 9.90 Å². The van der Waals surface area contributed by atoms with E-state index in [2.05, 4.69) is 9.97 Å². The van der Waals surface area contributed by atoms with Gasteiger partial charge in [0.2, 0.25) is 0 Å². The van der Waals surface area contributed by atoms with Crippen LogP contribution in [0.25, 0.3) is 11.0 Å². The van der Waals surface area contributed by atoms with Crippen LogP contribution < -0.4 is 5.43 Å². The zero-order chi connectivity index (χ0) is 11.7. The Hall–Kier alpha value is -2.17. The number of aryl methyl sites for hydroxylation is 1. The normalized spacial score (nSPS) is 10.6. The number of hydrogen-bond donors (Lipinski definition) is 2. The van der Waals surface area contributed by atoms with Gasteiger partial charge in [0.25, 0.3) is 0 Å². The number of fused-ring (bicyclic) bond motifs is 1. The van der Waals surface area contributed by atoms with Crippen molar-refractivity contribution in [2.75, 3.05) is 0 Å². The maximum atomic E-state index is 11.9. The lowest BCUT2D eigenvalue weighted by Crippen LogP contribution is -2.14. The van der Waals surface area contributed by atoms with Gasteiger partial charge in [0, 0.05) is 17.5 Å². The molecule has 0 aromatic carbocycles. The van der Waals surface area contributed by atoms with E-state index in [1.807, 2.05) is 6.92 Å². The molecule has 2 aromatic heterocycles. The zero-order valence-corrected chi connectivity index (χ0v) is 8.65. The van der Waals surface area contributed by atoms with Crippen molar-refractivity contribution in [2.45, 2.75) is 13.3 Å². The van der Waals surface area contributed by atoms with Gasteiger partial charge < -0.3 is 10.1 Å². The molecule has 0 fully saturated rings. The number of pyridine rings is 2. The number of carbonyl (C=O) groups is 1. The Morgan fingerprint density at radius 3 is 2.94 bits per heavy atom. The van der Waals surface area contributed by atoms with Crippen LogP contribution in [0, 0.1) is 6.92 Å². The molecule has 0 aliphatic rings. The van der Waals surface area contributed by atoms with Gasteiger partial charge in [-0.3, -0.25) is 9.59 Å². The second-order valence-electron chi connectivity index (χ2n) is 3.56. The number of carboxylic acids is 1. The number of rotatable bonds is 2. The molecule has 0 saturated heterocycles. The molecule has 0 unspecified atom stereocenters. The second kappa shape index (κ2) is 3.77. The Morgan fingerprint density at radius 1 is 1.50 bits per heavy atom. The van der Waals surface area contributed by atoms with Gasteiger partial charge in [0.05, 0.1) is 11.8 Å². The van der Waals surface area contributed by atoms with Gasteiger partial charge in [-0.05, 0) is 19.1 Å². The highest BCUT2D eigenvalue weighted by atomic mass is 16.4. The lowest BCUT2D eigenvalue weighted by atomic mass is 10.1. The summed E-state index contributed by atoms with van der Waals surface area (Å²) in [5.41, 5.74) is 1.25. The number of nitrogens with one attached hydrogen (secondary N) is 1. The van der Waals surface area contributed by atoms with Crippen LogP contribution in [0.15, 0.2) is 23.1 Å². The Morgan fingerprint density at radius 2 is 2.25 bits per heavy atom. The minimum atomic E-state index is -1.02. The molecule has 16 heavy (non-hydrogen) atoms. The largest absolute Gasteiger partial charge is 0.481 e. The molecule has 0 amide bonds. The van der Waals surface area contributed by atoms with E-state index in [0.29, 0.717) is 11.0 Å². The first kappa shape index (κ1) is 10.4. The van der Waals surface area contributed by atoms with Crippen LogP contribution in [0.4, 0.5) is 0 Å². The Balaban J connectivity index is 2.66. The maximum absolute atomic E-state index is 11.9. The summed E-state index contributed by atoms with van der Waals surface area (Å²) in [6.07, 6.45) is 1.13. The van der Waals surface area contributed by atoms with Gasteiger partial charge in [0.15, 0.2) is 5.43 Å². The summed E-state index contributed by atoms with van der Waals surface area (Å²) in [5, 5.41) is 9.06. The van der Waals surface area contributed by atoms with Crippen molar-refractivity contribution in [2.24, 2.45) is 0 Å². The summed E-state index contributed by atoms with van der Waals surface area (Å²) < 4.78 is 0. The third kappa shape index (κ3) is 1.79. The van der Waals surface area contributed by atoms with E-state index in [1.165, 1.54) is 6.20 Å². The molecule has 0 spiro atoms. The van der Waals surface area contributed by atoms with Crippen molar-refractivity contribution in [3.05, 3.63) is 39.8 Å². The van der Waals surface area contributed by atoms with Crippen LogP contribution in [0.3, 0.4) is 0 Å². The van der Waals surface area contributed by atoms with Crippen molar-refractivity contribution in [1.29, 1.82) is 0 Å². The molecule has 5 nitrogen and oxygen atoms in total. The fourth-order valence-electron chi connectivity index (χ4n) is 1.54. The Bertz CT molecular complexity index is 616.